The summed E-state index contributed by atoms with van der Waals surface area (Å²) < 4.78 is 0. The molecule has 0 aliphatic carbocycles. The van der Waals surface area contributed by atoms with Crippen molar-refractivity contribution in [2.45, 2.75) is 12.5 Å². The summed E-state index contributed by atoms with van der Waals surface area (Å²) in [5, 5.41) is 1.22. The standard InChI is InChI=1S/C20H19Cl2N3O2.ClH/c1-23-9-15(14-7-12(21)8-17(22)16(14)10-23)13-5-3-4-6-18(13)25-19(26)11-24(2)20(25)27;/h3-8,15H,9-11H2,1-2H3;1H. The Bertz CT molecular complexity index is 950. The van der Waals surface area contributed by atoms with E-state index in [-0.39, 0.29) is 36.8 Å². The molecule has 8 heteroatoms. The van der Waals surface area contributed by atoms with Crippen LogP contribution in [0.4, 0.5) is 10.5 Å². The minimum absolute atomic E-state index is 0. The Morgan fingerprint density at radius 3 is 2.39 bits per heavy atom. The molecule has 3 amide bonds. The Morgan fingerprint density at radius 2 is 1.71 bits per heavy atom. The number of halogens is 3. The van der Waals surface area contributed by atoms with Crippen LogP contribution in [-0.2, 0) is 11.3 Å². The van der Waals surface area contributed by atoms with Crippen molar-refractivity contribution in [1.29, 1.82) is 0 Å². The highest BCUT2D eigenvalue weighted by Crippen LogP contribution is 2.41. The van der Waals surface area contributed by atoms with E-state index < -0.39 is 0 Å². The molecule has 0 spiro atoms. The lowest BCUT2D eigenvalue weighted by atomic mass is 9.83. The van der Waals surface area contributed by atoms with Crippen molar-refractivity contribution in [2.24, 2.45) is 0 Å². The number of nitrogens with zero attached hydrogens (tertiary/aromatic N) is 3. The van der Waals surface area contributed by atoms with Crippen LogP contribution in [0.2, 0.25) is 10.0 Å². The summed E-state index contributed by atoms with van der Waals surface area (Å²) in [5.74, 6) is -0.263. The zero-order valence-electron chi connectivity index (χ0n) is 15.5. The quantitative estimate of drug-likeness (QED) is 0.651. The third kappa shape index (κ3) is 3.48. The number of carbonyl (C=O) groups is 2. The van der Waals surface area contributed by atoms with Crippen molar-refractivity contribution in [3.05, 3.63) is 63.1 Å². The first-order valence-electron chi connectivity index (χ1n) is 8.70. The van der Waals surface area contributed by atoms with E-state index in [0.717, 1.165) is 29.8 Å². The van der Waals surface area contributed by atoms with Gasteiger partial charge < -0.3 is 9.80 Å². The van der Waals surface area contributed by atoms with Crippen LogP contribution in [0, 0.1) is 0 Å². The fourth-order valence-electron chi connectivity index (χ4n) is 3.95. The normalized spacial score (nSPS) is 19.6. The molecular formula is C20H20Cl3N3O2. The summed E-state index contributed by atoms with van der Waals surface area (Å²) in [4.78, 5) is 29.9. The van der Waals surface area contributed by atoms with Gasteiger partial charge in [0.1, 0.15) is 6.54 Å². The zero-order chi connectivity index (χ0) is 19.3. The lowest BCUT2D eigenvalue weighted by Gasteiger charge is -2.35. The zero-order valence-corrected chi connectivity index (χ0v) is 17.8. The molecule has 4 rings (SSSR count). The fraction of sp³-hybridized carbons (Fsp3) is 0.300. The van der Waals surface area contributed by atoms with Crippen molar-refractivity contribution in [1.82, 2.24) is 9.80 Å². The Kier molecular flexibility index (Phi) is 5.92. The van der Waals surface area contributed by atoms with Gasteiger partial charge in [0.05, 0.1) is 5.69 Å². The SMILES string of the molecule is CN1Cc2c(Cl)cc(Cl)cc2C(c2ccccc2N2C(=O)CN(C)C2=O)C1.Cl. The summed E-state index contributed by atoms with van der Waals surface area (Å²) in [6, 6.07) is 11.0. The minimum Gasteiger partial charge on any atom is -0.318 e. The minimum atomic E-state index is -0.305. The third-order valence-corrected chi connectivity index (χ3v) is 5.74. The van der Waals surface area contributed by atoms with Crippen molar-refractivity contribution < 1.29 is 9.59 Å². The Balaban J connectivity index is 0.00000225. The van der Waals surface area contributed by atoms with Gasteiger partial charge in [-0.15, -0.1) is 12.4 Å². The largest absolute Gasteiger partial charge is 0.331 e. The molecule has 0 radical (unpaired) electrons. The Morgan fingerprint density at radius 1 is 1.00 bits per heavy atom. The van der Waals surface area contributed by atoms with Crippen LogP contribution in [0.1, 0.15) is 22.6 Å². The van der Waals surface area contributed by atoms with E-state index in [2.05, 4.69) is 4.90 Å². The number of anilines is 1. The molecule has 1 unspecified atom stereocenters. The predicted molar refractivity (Wildman–Crippen MR) is 114 cm³/mol. The van der Waals surface area contributed by atoms with E-state index in [1.54, 1.807) is 13.1 Å². The number of hydrogen-bond donors (Lipinski definition) is 0. The Labute approximate surface area is 180 Å². The van der Waals surface area contributed by atoms with Crippen LogP contribution in [0.3, 0.4) is 0 Å². The topological polar surface area (TPSA) is 43.9 Å². The van der Waals surface area contributed by atoms with Gasteiger partial charge in [0.2, 0.25) is 0 Å². The molecule has 2 aliphatic rings. The third-order valence-electron chi connectivity index (χ3n) is 5.19. The van der Waals surface area contributed by atoms with Crippen molar-refractivity contribution in [3.63, 3.8) is 0 Å². The highest BCUT2D eigenvalue weighted by atomic mass is 35.5. The van der Waals surface area contributed by atoms with E-state index >= 15 is 0 Å². The molecule has 0 N–H and O–H groups in total. The lowest BCUT2D eigenvalue weighted by molar-refractivity contribution is -0.116. The molecule has 2 aromatic carbocycles. The number of likely N-dealkylation sites (N-methyl/N-ethyl adjacent to an activating group) is 2. The fourth-order valence-corrected chi connectivity index (χ4v) is 4.52. The second-order valence-corrected chi connectivity index (χ2v) is 7.97. The van der Waals surface area contributed by atoms with E-state index in [1.165, 1.54) is 9.80 Å². The second-order valence-electron chi connectivity index (χ2n) is 7.13. The molecule has 0 saturated carbocycles. The average molecular weight is 441 g/mol. The van der Waals surface area contributed by atoms with Gasteiger partial charge in [-0.05, 0) is 41.9 Å². The van der Waals surface area contributed by atoms with Gasteiger partial charge >= 0.3 is 6.03 Å². The van der Waals surface area contributed by atoms with E-state index in [1.807, 2.05) is 37.4 Å². The highest BCUT2D eigenvalue weighted by Gasteiger charge is 2.38. The van der Waals surface area contributed by atoms with Crippen LogP contribution in [0.5, 0.6) is 0 Å². The molecule has 1 fully saturated rings. The highest BCUT2D eigenvalue weighted by molar-refractivity contribution is 6.35. The summed E-state index contributed by atoms with van der Waals surface area (Å²) in [7, 11) is 3.66. The van der Waals surface area contributed by atoms with Crippen molar-refractivity contribution in [3.8, 4) is 0 Å². The summed E-state index contributed by atoms with van der Waals surface area (Å²) in [5.41, 5.74) is 3.62. The molecule has 2 aromatic rings. The van der Waals surface area contributed by atoms with Crippen molar-refractivity contribution in [2.75, 3.05) is 32.1 Å². The number of fused-ring (bicyclic) bond motifs is 1. The number of benzene rings is 2. The number of rotatable bonds is 2. The maximum atomic E-state index is 12.5. The lowest BCUT2D eigenvalue weighted by Crippen LogP contribution is -2.35. The maximum absolute atomic E-state index is 12.5. The van der Waals surface area contributed by atoms with Gasteiger partial charge in [0, 0.05) is 36.1 Å². The Hall–Kier alpha value is -1.79. The number of urea groups is 1. The van der Waals surface area contributed by atoms with Crippen LogP contribution in [-0.4, -0.2) is 48.9 Å². The monoisotopic (exact) mass is 439 g/mol. The number of carbonyl (C=O) groups excluding carboxylic acids is 2. The number of para-hydroxylation sites is 1. The van der Waals surface area contributed by atoms with Gasteiger partial charge in [0.15, 0.2) is 0 Å². The molecule has 2 heterocycles. The van der Waals surface area contributed by atoms with Gasteiger partial charge in [-0.1, -0.05) is 41.4 Å². The van der Waals surface area contributed by atoms with Crippen LogP contribution < -0.4 is 4.90 Å². The molecule has 0 aromatic heterocycles. The van der Waals surface area contributed by atoms with Gasteiger partial charge in [-0.2, -0.15) is 0 Å². The molecule has 1 atom stereocenters. The first-order chi connectivity index (χ1) is 12.9. The molecular weight excluding hydrogens is 421 g/mol. The van der Waals surface area contributed by atoms with Crippen LogP contribution >= 0.6 is 35.6 Å². The first-order valence-corrected chi connectivity index (χ1v) is 9.45. The predicted octanol–water partition coefficient (Wildman–Crippen LogP) is 4.39. The molecule has 0 bridgehead atoms. The smallest absolute Gasteiger partial charge is 0.318 e. The summed E-state index contributed by atoms with van der Waals surface area (Å²) in [6.45, 7) is 1.56. The molecule has 1 saturated heterocycles. The average Bonchev–Trinajstić information content (AvgIpc) is 2.87. The second kappa shape index (κ2) is 7.91. The number of imide groups is 1. The molecule has 28 heavy (non-hydrogen) atoms. The summed E-state index contributed by atoms with van der Waals surface area (Å²) in [6.07, 6.45) is 0. The van der Waals surface area contributed by atoms with Crippen LogP contribution in [0.25, 0.3) is 0 Å². The molecule has 148 valence electrons. The van der Waals surface area contributed by atoms with Gasteiger partial charge in [-0.3, -0.25) is 4.79 Å². The molecule has 5 nitrogen and oxygen atoms in total. The first kappa shape index (κ1) is 20.9. The van der Waals surface area contributed by atoms with E-state index in [0.29, 0.717) is 15.7 Å². The van der Waals surface area contributed by atoms with Gasteiger partial charge in [0.25, 0.3) is 5.91 Å². The van der Waals surface area contributed by atoms with Crippen molar-refractivity contribution >= 4 is 53.2 Å². The molecule has 2 aliphatic heterocycles. The van der Waals surface area contributed by atoms with Crippen LogP contribution in [0.15, 0.2) is 36.4 Å². The number of hydrogen-bond acceptors (Lipinski definition) is 3. The number of amides is 3. The van der Waals surface area contributed by atoms with E-state index in [4.69, 9.17) is 23.2 Å². The maximum Gasteiger partial charge on any atom is 0.331 e. The summed E-state index contributed by atoms with van der Waals surface area (Å²) >= 11 is 12.7. The van der Waals surface area contributed by atoms with Gasteiger partial charge in [-0.25, -0.2) is 9.69 Å². The van der Waals surface area contributed by atoms with E-state index in [9.17, 15) is 9.59 Å².